The van der Waals surface area contributed by atoms with Crippen molar-refractivity contribution in [1.29, 1.82) is 0 Å². The molecule has 0 saturated carbocycles. The third-order valence-electron chi connectivity index (χ3n) is 4.67. The molecule has 5 nitrogen and oxygen atoms in total. The maximum atomic E-state index is 13.2. The van der Waals surface area contributed by atoms with Crippen molar-refractivity contribution in [3.05, 3.63) is 88.7 Å². The van der Waals surface area contributed by atoms with Crippen molar-refractivity contribution in [1.82, 2.24) is 4.40 Å². The van der Waals surface area contributed by atoms with E-state index >= 15 is 0 Å². The van der Waals surface area contributed by atoms with E-state index in [1.807, 2.05) is 18.2 Å². The molecule has 7 heteroatoms. The highest BCUT2D eigenvalue weighted by Gasteiger charge is 2.25. The van der Waals surface area contributed by atoms with Crippen LogP contribution in [0, 0.1) is 0 Å². The van der Waals surface area contributed by atoms with Crippen LogP contribution in [0.5, 0.6) is 5.75 Å². The number of halogens is 2. The lowest BCUT2D eigenvalue weighted by Crippen LogP contribution is -2.24. The normalized spacial score (nSPS) is 10.8. The Morgan fingerprint density at radius 3 is 2.43 bits per heavy atom. The average Bonchev–Trinajstić information content (AvgIpc) is 3.14. The van der Waals surface area contributed by atoms with Crippen LogP contribution in [0.4, 0.5) is 5.69 Å². The molecule has 0 radical (unpaired) electrons. The Hall–Kier alpha value is -3.28. The summed E-state index contributed by atoms with van der Waals surface area (Å²) in [6.07, 6.45) is 1.74. The minimum Gasteiger partial charge on any atom is -0.495 e. The van der Waals surface area contributed by atoms with Crippen LogP contribution in [0.25, 0.3) is 16.6 Å². The summed E-state index contributed by atoms with van der Waals surface area (Å²) >= 11 is 12.2. The molecule has 0 aliphatic rings. The Morgan fingerprint density at radius 1 is 0.967 bits per heavy atom. The number of aromatic nitrogens is 1. The fraction of sp³-hybridized carbons (Fsp3) is 0.0435. The van der Waals surface area contributed by atoms with E-state index in [0.29, 0.717) is 32.6 Å². The van der Waals surface area contributed by atoms with E-state index in [-0.39, 0.29) is 5.69 Å². The molecule has 4 rings (SSSR count). The van der Waals surface area contributed by atoms with Gasteiger partial charge in [-0.2, -0.15) is 0 Å². The van der Waals surface area contributed by atoms with Gasteiger partial charge in [0.2, 0.25) is 0 Å². The first kappa shape index (κ1) is 20.0. The van der Waals surface area contributed by atoms with Crippen LogP contribution in [-0.2, 0) is 4.79 Å². The van der Waals surface area contributed by atoms with Gasteiger partial charge in [-0.25, -0.2) is 0 Å². The summed E-state index contributed by atoms with van der Waals surface area (Å²) in [7, 11) is 1.53. The van der Waals surface area contributed by atoms with Crippen LogP contribution in [0.3, 0.4) is 0 Å². The van der Waals surface area contributed by atoms with Crippen LogP contribution in [-0.4, -0.2) is 23.2 Å². The molecule has 2 aromatic carbocycles. The van der Waals surface area contributed by atoms with Gasteiger partial charge < -0.3 is 14.5 Å². The summed E-state index contributed by atoms with van der Waals surface area (Å²) in [5.74, 6) is -0.891. The number of pyridine rings is 1. The van der Waals surface area contributed by atoms with Gasteiger partial charge in [0.25, 0.3) is 11.7 Å². The number of benzene rings is 2. The van der Waals surface area contributed by atoms with Crippen molar-refractivity contribution < 1.29 is 14.3 Å². The van der Waals surface area contributed by atoms with Gasteiger partial charge in [-0.3, -0.25) is 9.59 Å². The lowest BCUT2D eigenvalue weighted by atomic mass is 10.0. The molecule has 0 spiro atoms. The third kappa shape index (κ3) is 3.77. The van der Waals surface area contributed by atoms with Gasteiger partial charge in [-0.05, 0) is 60.2 Å². The number of carbonyl (C=O) groups excluding carboxylic acids is 2. The minimum absolute atomic E-state index is 0.248. The molecule has 30 heavy (non-hydrogen) atoms. The predicted octanol–water partition coefficient (Wildman–Crippen LogP) is 5.74. The third-order valence-corrected chi connectivity index (χ3v) is 5.21. The maximum Gasteiger partial charge on any atom is 0.298 e. The standard InChI is InChI=1S/C23H16Cl2N2O3/c1-30-20-10-5-14(12-19(20)25)18-13-17-4-2-3-11-27(17)21(18)22(28)23(29)26-16-8-6-15(24)7-9-16/h2-13H,1H3,(H,26,29). The van der Waals surface area contributed by atoms with Crippen LogP contribution < -0.4 is 10.1 Å². The number of rotatable bonds is 5. The first-order chi connectivity index (χ1) is 14.5. The second-order valence-electron chi connectivity index (χ2n) is 6.54. The Bertz CT molecular complexity index is 1260. The number of hydrogen-bond acceptors (Lipinski definition) is 3. The molecule has 1 amide bonds. The van der Waals surface area contributed by atoms with E-state index in [2.05, 4.69) is 5.32 Å². The second kappa shape index (κ2) is 8.22. The first-order valence-corrected chi connectivity index (χ1v) is 9.79. The number of fused-ring (bicyclic) bond motifs is 1. The van der Waals surface area contributed by atoms with E-state index in [9.17, 15) is 9.59 Å². The summed E-state index contributed by atoms with van der Waals surface area (Å²) in [6.45, 7) is 0. The van der Waals surface area contributed by atoms with Crippen molar-refractivity contribution >= 4 is 46.1 Å². The molecule has 0 atom stereocenters. The van der Waals surface area contributed by atoms with Crippen molar-refractivity contribution in [3.8, 4) is 16.9 Å². The van der Waals surface area contributed by atoms with E-state index in [1.54, 1.807) is 59.1 Å². The number of methoxy groups -OCH3 is 1. The quantitative estimate of drug-likeness (QED) is 0.319. The fourth-order valence-corrected chi connectivity index (χ4v) is 3.62. The number of carbonyl (C=O) groups is 2. The minimum atomic E-state index is -0.748. The number of nitrogens with zero attached hydrogens (tertiary/aromatic N) is 1. The first-order valence-electron chi connectivity index (χ1n) is 9.03. The number of nitrogens with one attached hydrogen (secondary N) is 1. The van der Waals surface area contributed by atoms with Crippen LogP contribution >= 0.6 is 23.2 Å². The Kier molecular flexibility index (Phi) is 5.48. The van der Waals surface area contributed by atoms with Crippen LogP contribution in [0.15, 0.2) is 72.9 Å². The lowest BCUT2D eigenvalue weighted by Gasteiger charge is -2.09. The van der Waals surface area contributed by atoms with Gasteiger partial charge in [-0.15, -0.1) is 0 Å². The highest BCUT2D eigenvalue weighted by Crippen LogP contribution is 2.34. The van der Waals surface area contributed by atoms with Crippen molar-refractivity contribution in [2.45, 2.75) is 0 Å². The van der Waals surface area contributed by atoms with E-state index in [4.69, 9.17) is 27.9 Å². The average molecular weight is 439 g/mol. The number of hydrogen-bond donors (Lipinski definition) is 1. The number of ketones is 1. The van der Waals surface area contributed by atoms with Gasteiger partial charge in [-0.1, -0.05) is 35.3 Å². The molecule has 2 heterocycles. The van der Waals surface area contributed by atoms with Gasteiger partial charge >= 0.3 is 0 Å². The molecular weight excluding hydrogens is 423 g/mol. The Balaban J connectivity index is 1.78. The molecule has 0 saturated heterocycles. The van der Waals surface area contributed by atoms with Gasteiger partial charge in [0.05, 0.1) is 12.1 Å². The van der Waals surface area contributed by atoms with Gasteiger partial charge in [0, 0.05) is 28.0 Å². The molecule has 0 aliphatic heterocycles. The monoisotopic (exact) mass is 438 g/mol. The molecule has 0 bridgehead atoms. The predicted molar refractivity (Wildman–Crippen MR) is 119 cm³/mol. The zero-order chi connectivity index (χ0) is 21.3. The molecule has 4 aromatic rings. The largest absolute Gasteiger partial charge is 0.495 e. The summed E-state index contributed by atoms with van der Waals surface area (Å²) < 4.78 is 6.90. The van der Waals surface area contributed by atoms with Gasteiger partial charge in [0.1, 0.15) is 11.4 Å². The summed E-state index contributed by atoms with van der Waals surface area (Å²) in [4.78, 5) is 25.9. The smallest absolute Gasteiger partial charge is 0.298 e. The van der Waals surface area contributed by atoms with Crippen LogP contribution in [0.2, 0.25) is 10.0 Å². The SMILES string of the molecule is COc1ccc(-c2cc3ccccn3c2C(=O)C(=O)Nc2ccc(Cl)cc2)cc1Cl. The Labute approximate surface area is 182 Å². The van der Waals surface area contributed by atoms with E-state index < -0.39 is 11.7 Å². The number of Topliss-reactive ketones (excluding diaryl/α,β-unsaturated/α-hetero) is 1. The molecule has 150 valence electrons. The highest BCUT2D eigenvalue weighted by molar-refractivity contribution is 6.47. The number of ether oxygens (including phenoxy) is 1. The molecular formula is C23H16Cl2N2O3. The van der Waals surface area contributed by atoms with Gasteiger partial charge in [0.15, 0.2) is 0 Å². The fourth-order valence-electron chi connectivity index (χ4n) is 3.24. The van der Waals surface area contributed by atoms with Crippen molar-refractivity contribution in [3.63, 3.8) is 0 Å². The lowest BCUT2D eigenvalue weighted by molar-refractivity contribution is -0.112. The maximum absolute atomic E-state index is 13.2. The molecule has 0 aliphatic carbocycles. The molecule has 2 aromatic heterocycles. The number of amides is 1. The van der Waals surface area contributed by atoms with Crippen LogP contribution in [0.1, 0.15) is 10.5 Å². The summed E-state index contributed by atoms with van der Waals surface area (Å²) in [6, 6.07) is 19.1. The zero-order valence-corrected chi connectivity index (χ0v) is 17.4. The van der Waals surface area contributed by atoms with E-state index in [0.717, 1.165) is 5.52 Å². The second-order valence-corrected chi connectivity index (χ2v) is 7.39. The van der Waals surface area contributed by atoms with Crippen molar-refractivity contribution in [2.75, 3.05) is 12.4 Å². The number of anilines is 1. The van der Waals surface area contributed by atoms with Crippen molar-refractivity contribution in [2.24, 2.45) is 0 Å². The summed E-state index contributed by atoms with van der Waals surface area (Å²) in [5, 5.41) is 3.57. The highest BCUT2D eigenvalue weighted by atomic mass is 35.5. The molecule has 0 fully saturated rings. The Morgan fingerprint density at radius 2 is 1.73 bits per heavy atom. The van der Waals surface area contributed by atoms with E-state index in [1.165, 1.54) is 7.11 Å². The molecule has 0 unspecified atom stereocenters. The summed E-state index contributed by atoms with van der Waals surface area (Å²) in [5.41, 5.74) is 2.81. The topological polar surface area (TPSA) is 59.8 Å². The zero-order valence-electron chi connectivity index (χ0n) is 15.9. The molecule has 1 N–H and O–H groups in total.